The smallest absolute Gasteiger partial charge is 0.319 e. The molecule has 0 aromatic heterocycles. The summed E-state index contributed by atoms with van der Waals surface area (Å²) in [5.41, 5.74) is 1.70. The fourth-order valence-corrected chi connectivity index (χ4v) is 4.21. The van der Waals surface area contributed by atoms with Crippen LogP contribution >= 0.6 is 11.8 Å². The van der Waals surface area contributed by atoms with Gasteiger partial charge in [-0.1, -0.05) is 12.1 Å². The highest BCUT2D eigenvalue weighted by Gasteiger charge is 2.16. The van der Waals surface area contributed by atoms with Crippen LogP contribution in [0.2, 0.25) is 0 Å². The maximum absolute atomic E-state index is 12.3. The number of thioether (sulfide) groups is 1. The van der Waals surface area contributed by atoms with Gasteiger partial charge in [-0.05, 0) is 30.7 Å². The van der Waals surface area contributed by atoms with Crippen LogP contribution in [0.15, 0.2) is 24.3 Å². The molecule has 3 amide bonds. The highest BCUT2D eigenvalue weighted by atomic mass is 32.2. The van der Waals surface area contributed by atoms with Gasteiger partial charge in [0.15, 0.2) is 0 Å². The zero-order valence-corrected chi connectivity index (χ0v) is 17.1. The van der Waals surface area contributed by atoms with Crippen LogP contribution in [0, 0.1) is 0 Å². The van der Waals surface area contributed by atoms with Gasteiger partial charge in [-0.15, -0.1) is 0 Å². The summed E-state index contributed by atoms with van der Waals surface area (Å²) in [5.74, 6) is 2.23. The molecule has 0 saturated carbocycles. The van der Waals surface area contributed by atoms with E-state index in [9.17, 15) is 9.59 Å². The number of nitrogens with zero attached hydrogens (tertiary/aromatic N) is 2. The molecule has 2 N–H and O–H groups in total. The molecular weight excluding hydrogens is 376 g/mol. The van der Waals surface area contributed by atoms with Crippen LogP contribution in [0.5, 0.6) is 0 Å². The Morgan fingerprint density at radius 1 is 1.04 bits per heavy atom. The minimum absolute atomic E-state index is 0.180. The van der Waals surface area contributed by atoms with E-state index in [0.29, 0.717) is 13.0 Å². The molecule has 2 saturated heterocycles. The zero-order valence-electron chi connectivity index (χ0n) is 16.3. The number of carbonyl (C=O) groups excluding carboxylic acids is 2. The Bertz CT molecular complexity index is 629. The van der Waals surface area contributed by atoms with Gasteiger partial charge in [-0.3, -0.25) is 9.69 Å². The van der Waals surface area contributed by atoms with E-state index in [0.717, 1.165) is 75.1 Å². The molecule has 2 aliphatic rings. The van der Waals surface area contributed by atoms with Crippen LogP contribution in [0.3, 0.4) is 0 Å². The number of ether oxygens (including phenoxy) is 1. The summed E-state index contributed by atoms with van der Waals surface area (Å²) in [6.07, 6.45) is 1.34. The second-order valence-electron chi connectivity index (χ2n) is 7.06. The van der Waals surface area contributed by atoms with Crippen LogP contribution in [0.25, 0.3) is 0 Å². The number of hydrogen-bond acceptors (Lipinski definition) is 5. The average molecular weight is 407 g/mol. The first-order chi connectivity index (χ1) is 13.7. The second kappa shape index (κ2) is 11.3. The highest BCUT2D eigenvalue weighted by molar-refractivity contribution is 7.99. The van der Waals surface area contributed by atoms with Crippen LogP contribution in [-0.2, 0) is 16.0 Å². The third-order valence-electron chi connectivity index (χ3n) is 4.97. The maximum Gasteiger partial charge on any atom is 0.319 e. The first kappa shape index (κ1) is 21.0. The molecule has 154 valence electrons. The average Bonchev–Trinajstić information content (AvgIpc) is 2.74. The summed E-state index contributed by atoms with van der Waals surface area (Å²) in [6, 6.07) is 7.32. The van der Waals surface area contributed by atoms with Crippen molar-refractivity contribution >= 4 is 29.4 Å². The van der Waals surface area contributed by atoms with Gasteiger partial charge in [0.05, 0.1) is 19.6 Å². The zero-order chi connectivity index (χ0) is 19.6. The number of morpholine rings is 1. The van der Waals surface area contributed by atoms with E-state index in [1.807, 2.05) is 40.9 Å². The summed E-state index contributed by atoms with van der Waals surface area (Å²) in [7, 11) is 0. The minimum Gasteiger partial charge on any atom is -0.379 e. The fraction of sp³-hybridized carbons (Fsp3) is 0.600. The fourth-order valence-electron chi connectivity index (χ4n) is 3.31. The lowest BCUT2D eigenvalue weighted by atomic mass is 10.1. The van der Waals surface area contributed by atoms with E-state index in [4.69, 9.17) is 4.74 Å². The SMILES string of the molecule is O=C(NCCCN1CCOCC1)Nc1ccc(CC(=O)N2CCSCC2)cc1. The van der Waals surface area contributed by atoms with Crippen molar-refractivity contribution in [1.82, 2.24) is 15.1 Å². The summed E-state index contributed by atoms with van der Waals surface area (Å²) in [4.78, 5) is 28.6. The topological polar surface area (TPSA) is 73.9 Å². The van der Waals surface area contributed by atoms with Gasteiger partial charge in [-0.2, -0.15) is 11.8 Å². The summed E-state index contributed by atoms with van der Waals surface area (Å²) < 4.78 is 5.33. The Hall–Kier alpha value is -1.77. The van der Waals surface area contributed by atoms with Crippen LogP contribution in [0.1, 0.15) is 12.0 Å². The van der Waals surface area contributed by atoms with E-state index in [-0.39, 0.29) is 11.9 Å². The third kappa shape index (κ3) is 7.00. The molecule has 1 aromatic rings. The summed E-state index contributed by atoms with van der Waals surface area (Å²) in [6.45, 7) is 6.84. The van der Waals surface area contributed by atoms with Crippen LogP contribution in [0.4, 0.5) is 10.5 Å². The highest BCUT2D eigenvalue weighted by Crippen LogP contribution is 2.13. The Kier molecular flexibility index (Phi) is 8.44. The Morgan fingerprint density at radius 2 is 1.75 bits per heavy atom. The lowest BCUT2D eigenvalue weighted by Gasteiger charge is -2.26. The number of benzene rings is 1. The number of amides is 3. The normalized spacial score (nSPS) is 17.9. The monoisotopic (exact) mass is 406 g/mol. The van der Waals surface area contributed by atoms with Gasteiger partial charge in [0.2, 0.25) is 5.91 Å². The number of urea groups is 1. The molecule has 28 heavy (non-hydrogen) atoms. The van der Waals surface area contributed by atoms with Crippen molar-refractivity contribution in [2.24, 2.45) is 0 Å². The number of hydrogen-bond donors (Lipinski definition) is 2. The molecule has 0 aliphatic carbocycles. The van der Waals surface area contributed by atoms with Gasteiger partial charge in [0.1, 0.15) is 0 Å². The van der Waals surface area contributed by atoms with Crippen molar-refractivity contribution in [3.8, 4) is 0 Å². The predicted molar refractivity (Wildman–Crippen MR) is 113 cm³/mol. The molecule has 0 unspecified atom stereocenters. The lowest BCUT2D eigenvalue weighted by molar-refractivity contribution is -0.130. The number of rotatable bonds is 7. The molecule has 2 fully saturated rings. The second-order valence-corrected chi connectivity index (χ2v) is 8.28. The maximum atomic E-state index is 12.3. The van der Waals surface area contributed by atoms with Gasteiger partial charge in [0, 0.05) is 49.9 Å². The first-order valence-electron chi connectivity index (χ1n) is 10.00. The molecule has 0 bridgehead atoms. The Balaban J connectivity index is 1.33. The molecule has 0 spiro atoms. The van der Waals surface area contributed by atoms with E-state index in [2.05, 4.69) is 15.5 Å². The van der Waals surface area contributed by atoms with Crippen LogP contribution in [-0.4, -0.2) is 85.7 Å². The molecule has 2 heterocycles. The number of nitrogens with one attached hydrogen (secondary N) is 2. The van der Waals surface area contributed by atoms with Crippen molar-refractivity contribution < 1.29 is 14.3 Å². The molecule has 8 heteroatoms. The van der Waals surface area contributed by atoms with Crippen molar-refractivity contribution in [2.75, 3.05) is 69.3 Å². The third-order valence-corrected chi connectivity index (χ3v) is 5.91. The number of anilines is 1. The van der Waals surface area contributed by atoms with E-state index >= 15 is 0 Å². The van der Waals surface area contributed by atoms with Crippen molar-refractivity contribution in [3.05, 3.63) is 29.8 Å². The van der Waals surface area contributed by atoms with Gasteiger partial charge in [0.25, 0.3) is 0 Å². The van der Waals surface area contributed by atoms with Gasteiger partial charge in [-0.25, -0.2) is 4.79 Å². The van der Waals surface area contributed by atoms with Crippen molar-refractivity contribution in [1.29, 1.82) is 0 Å². The quantitative estimate of drug-likeness (QED) is 0.674. The van der Waals surface area contributed by atoms with Crippen LogP contribution < -0.4 is 10.6 Å². The molecular formula is C20H30N4O3S. The van der Waals surface area contributed by atoms with Gasteiger partial charge >= 0.3 is 6.03 Å². The van der Waals surface area contributed by atoms with Gasteiger partial charge < -0.3 is 20.3 Å². The summed E-state index contributed by atoms with van der Waals surface area (Å²) >= 11 is 1.90. The molecule has 7 nitrogen and oxygen atoms in total. The molecule has 0 radical (unpaired) electrons. The van der Waals surface area contributed by atoms with E-state index < -0.39 is 0 Å². The Labute approximate surface area is 171 Å². The lowest BCUT2D eigenvalue weighted by Crippen LogP contribution is -2.38. The van der Waals surface area contributed by atoms with E-state index in [1.165, 1.54) is 0 Å². The predicted octanol–water partition coefficient (Wildman–Crippen LogP) is 1.65. The standard InChI is InChI=1S/C20H30N4O3S/c25-19(24-10-14-28-15-11-24)16-17-2-4-18(5-3-17)22-20(26)21-6-1-7-23-8-12-27-13-9-23/h2-5H,1,6-16H2,(H2,21,22,26). The van der Waals surface area contributed by atoms with E-state index in [1.54, 1.807) is 0 Å². The molecule has 3 rings (SSSR count). The summed E-state index contributed by atoms with van der Waals surface area (Å²) in [5, 5.41) is 5.73. The number of carbonyl (C=O) groups is 2. The van der Waals surface area contributed by atoms with Crippen molar-refractivity contribution in [3.63, 3.8) is 0 Å². The molecule has 0 atom stereocenters. The first-order valence-corrected chi connectivity index (χ1v) is 11.2. The largest absolute Gasteiger partial charge is 0.379 e. The van der Waals surface area contributed by atoms with Crippen molar-refractivity contribution in [2.45, 2.75) is 12.8 Å². The molecule has 2 aliphatic heterocycles. The molecule has 1 aromatic carbocycles. The minimum atomic E-state index is -0.198. The Morgan fingerprint density at radius 3 is 2.46 bits per heavy atom.